The van der Waals surface area contributed by atoms with Crippen molar-refractivity contribution in [2.45, 2.75) is 6.92 Å². The van der Waals surface area contributed by atoms with Gasteiger partial charge in [-0.2, -0.15) is 0 Å². The molecule has 0 aliphatic rings. The zero-order chi connectivity index (χ0) is 23.0. The van der Waals surface area contributed by atoms with E-state index in [1.165, 1.54) is 10.8 Å². The zero-order valence-corrected chi connectivity index (χ0v) is 19.3. The lowest BCUT2D eigenvalue weighted by molar-refractivity contribution is -0.111. The van der Waals surface area contributed by atoms with Crippen LogP contribution in [0.15, 0.2) is 127 Å². The fourth-order valence-electron chi connectivity index (χ4n) is 3.50. The van der Waals surface area contributed by atoms with Crippen molar-refractivity contribution in [2.75, 3.05) is 4.90 Å². The van der Waals surface area contributed by atoms with Crippen LogP contribution in [-0.4, -0.2) is 5.78 Å². The van der Waals surface area contributed by atoms with Gasteiger partial charge in [0.25, 0.3) is 0 Å². The maximum absolute atomic E-state index is 12.4. The van der Waals surface area contributed by atoms with Crippen LogP contribution in [0.25, 0.3) is 16.8 Å². The number of anilines is 3. The van der Waals surface area contributed by atoms with Gasteiger partial charge >= 0.3 is 0 Å². The fourth-order valence-corrected chi connectivity index (χ4v) is 4.45. The van der Waals surface area contributed by atoms with Gasteiger partial charge in [0, 0.05) is 16.3 Å². The van der Waals surface area contributed by atoms with Crippen molar-refractivity contribution in [1.29, 1.82) is 0 Å². The van der Waals surface area contributed by atoms with E-state index in [0.717, 1.165) is 21.3 Å². The molecule has 0 aliphatic carbocycles. The zero-order valence-electron chi connectivity index (χ0n) is 18.5. The van der Waals surface area contributed by atoms with Gasteiger partial charge in [0.15, 0.2) is 5.78 Å². The van der Waals surface area contributed by atoms with Gasteiger partial charge < -0.3 is 4.90 Å². The van der Waals surface area contributed by atoms with E-state index in [1.807, 2.05) is 37.3 Å². The first-order valence-corrected chi connectivity index (χ1v) is 11.6. The second-order valence-electron chi connectivity index (χ2n) is 7.55. The van der Waals surface area contributed by atoms with Crippen LogP contribution in [0, 0.1) is 0 Å². The standard InChI is InChI=1S/C30H25NOS/c1-3-4-6-11-23(2)29(32)20-18-28-19-21-30(33-28)31(26-14-7-5-8-15-26)27-17-16-24-12-9-10-13-25(24)22-27/h3-22H,1H2,2H3/b6-4-,20-18+,23-11+. The molecule has 0 spiro atoms. The Labute approximate surface area is 199 Å². The molecule has 0 amide bonds. The Morgan fingerprint density at radius 2 is 1.61 bits per heavy atom. The average molecular weight is 448 g/mol. The number of thiophene rings is 1. The molecule has 0 saturated carbocycles. The van der Waals surface area contributed by atoms with Crippen molar-refractivity contribution < 1.29 is 4.79 Å². The van der Waals surface area contributed by atoms with E-state index in [0.29, 0.717) is 5.57 Å². The molecule has 0 saturated heterocycles. The van der Waals surface area contributed by atoms with Crippen LogP contribution in [-0.2, 0) is 4.79 Å². The topological polar surface area (TPSA) is 20.3 Å². The molecule has 4 aromatic rings. The number of carbonyl (C=O) groups excluding carboxylic acids is 1. The summed E-state index contributed by atoms with van der Waals surface area (Å²) in [4.78, 5) is 15.7. The number of ketones is 1. The predicted molar refractivity (Wildman–Crippen MR) is 144 cm³/mol. The van der Waals surface area contributed by atoms with E-state index < -0.39 is 0 Å². The summed E-state index contributed by atoms with van der Waals surface area (Å²) in [5.41, 5.74) is 2.87. The molecule has 3 heteroatoms. The predicted octanol–water partition coefficient (Wildman–Crippen LogP) is 8.64. The molecule has 162 valence electrons. The molecule has 0 radical (unpaired) electrons. The number of hydrogen-bond donors (Lipinski definition) is 0. The maximum atomic E-state index is 12.4. The van der Waals surface area contributed by atoms with Crippen molar-refractivity contribution in [3.05, 3.63) is 132 Å². The van der Waals surface area contributed by atoms with E-state index in [2.05, 4.69) is 78.2 Å². The summed E-state index contributed by atoms with van der Waals surface area (Å²) in [7, 11) is 0. The first-order valence-electron chi connectivity index (χ1n) is 10.8. The van der Waals surface area contributed by atoms with E-state index >= 15 is 0 Å². The van der Waals surface area contributed by atoms with Crippen molar-refractivity contribution >= 4 is 50.3 Å². The number of para-hydroxylation sites is 1. The molecule has 1 aromatic heterocycles. The SMILES string of the molecule is C=C/C=C\C=C(/C)C(=O)/C=C/c1ccc(N(c2ccccc2)c2ccc3ccccc3c2)s1. The van der Waals surface area contributed by atoms with E-state index in [4.69, 9.17) is 0 Å². The van der Waals surface area contributed by atoms with Gasteiger partial charge in [-0.25, -0.2) is 0 Å². The number of fused-ring (bicyclic) bond motifs is 1. The minimum absolute atomic E-state index is 0.00638. The van der Waals surface area contributed by atoms with Crippen LogP contribution in [0.1, 0.15) is 11.8 Å². The third kappa shape index (κ3) is 5.46. The Morgan fingerprint density at radius 1 is 0.848 bits per heavy atom. The highest BCUT2D eigenvalue weighted by Crippen LogP contribution is 2.40. The third-order valence-electron chi connectivity index (χ3n) is 5.22. The van der Waals surface area contributed by atoms with Crippen molar-refractivity contribution in [2.24, 2.45) is 0 Å². The molecule has 0 bridgehead atoms. The first-order chi connectivity index (χ1) is 16.2. The Bertz CT molecular complexity index is 1360. The Balaban J connectivity index is 1.65. The maximum Gasteiger partial charge on any atom is 0.181 e. The van der Waals surface area contributed by atoms with Gasteiger partial charge in [0.2, 0.25) is 0 Å². The van der Waals surface area contributed by atoms with E-state index in [-0.39, 0.29) is 5.78 Å². The largest absolute Gasteiger partial charge is 0.302 e. The summed E-state index contributed by atoms with van der Waals surface area (Å²) in [6, 6.07) is 29.4. The smallest absolute Gasteiger partial charge is 0.181 e. The second-order valence-corrected chi connectivity index (χ2v) is 8.64. The Kier molecular flexibility index (Phi) is 7.13. The number of benzene rings is 3. The normalized spacial score (nSPS) is 12.0. The van der Waals surface area contributed by atoms with Crippen molar-refractivity contribution in [1.82, 2.24) is 0 Å². The van der Waals surface area contributed by atoms with E-state index in [1.54, 1.807) is 35.6 Å². The fraction of sp³-hybridized carbons (Fsp3) is 0.0333. The van der Waals surface area contributed by atoms with Gasteiger partial charge in [-0.3, -0.25) is 4.79 Å². The van der Waals surface area contributed by atoms with Crippen LogP contribution in [0.5, 0.6) is 0 Å². The molecule has 33 heavy (non-hydrogen) atoms. The van der Waals surface area contributed by atoms with Gasteiger partial charge in [-0.15, -0.1) is 11.3 Å². The summed E-state index contributed by atoms with van der Waals surface area (Å²) < 4.78 is 0. The average Bonchev–Trinajstić information content (AvgIpc) is 3.31. The quantitative estimate of drug-likeness (QED) is 0.199. The lowest BCUT2D eigenvalue weighted by Crippen LogP contribution is -2.07. The minimum Gasteiger partial charge on any atom is -0.302 e. The van der Waals surface area contributed by atoms with Crippen LogP contribution < -0.4 is 4.90 Å². The van der Waals surface area contributed by atoms with Gasteiger partial charge in [-0.1, -0.05) is 79.4 Å². The van der Waals surface area contributed by atoms with Crippen LogP contribution in [0.4, 0.5) is 16.4 Å². The number of allylic oxidation sites excluding steroid dienone is 6. The van der Waals surface area contributed by atoms with Crippen molar-refractivity contribution in [3.63, 3.8) is 0 Å². The van der Waals surface area contributed by atoms with Crippen molar-refractivity contribution in [3.8, 4) is 0 Å². The molecule has 0 unspecified atom stereocenters. The Hall–Kier alpha value is -3.95. The number of carbonyl (C=O) groups is 1. The highest BCUT2D eigenvalue weighted by molar-refractivity contribution is 7.17. The second kappa shape index (κ2) is 10.6. The summed E-state index contributed by atoms with van der Waals surface area (Å²) in [6.45, 7) is 5.45. The molecular formula is C30H25NOS. The van der Waals surface area contributed by atoms with Gasteiger partial charge in [-0.05, 0) is 71.8 Å². The molecule has 4 rings (SSSR count). The van der Waals surface area contributed by atoms with Crippen LogP contribution >= 0.6 is 11.3 Å². The molecule has 2 nitrogen and oxygen atoms in total. The molecule has 0 atom stereocenters. The summed E-state index contributed by atoms with van der Waals surface area (Å²) >= 11 is 1.65. The summed E-state index contributed by atoms with van der Waals surface area (Å²) in [5, 5.41) is 3.50. The third-order valence-corrected chi connectivity index (χ3v) is 6.26. The molecule has 0 N–H and O–H groups in total. The van der Waals surface area contributed by atoms with Gasteiger partial charge in [0.1, 0.15) is 5.00 Å². The number of hydrogen-bond acceptors (Lipinski definition) is 3. The lowest BCUT2D eigenvalue weighted by Gasteiger charge is -2.24. The molecule has 1 heterocycles. The summed E-state index contributed by atoms with van der Waals surface area (Å²) in [6.07, 6.45) is 10.6. The number of rotatable bonds is 8. The molecule has 0 aliphatic heterocycles. The van der Waals surface area contributed by atoms with Crippen LogP contribution in [0.3, 0.4) is 0 Å². The minimum atomic E-state index is -0.00638. The van der Waals surface area contributed by atoms with E-state index in [9.17, 15) is 4.79 Å². The first kappa shape index (κ1) is 22.3. The molecular weight excluding hydrogens is 422 g/mol. The van der Waals surface area contributed by atoms with Crippen LogP contribution in [0.2, 0.25) is 0 Å². The monoisotopic (exact) mass is 447 g/mol. The summed E-state index contributed by atoms with van der Waals surface area (Å²) in [5.74, 6) is -0.00638. The highest BCUT2D eigenvalue weighted by atomic mass is 32.1. The molecule has 0 fully saturated rings. The lowest BCUT2D eigenvalue weighted by atomic mass is 10.1. The Morgan fingerprint density at radius 3 is 2.39 bits per heavy atom. The molecule has 3 aromatic carbocycles. The van der Waals surface area contributed by atoms with Gasteiger partial charge in [0.05, 0.1) is 0 Å². The highest BCUT2D eigenvalue weighted by Gasteiger charge is 2.14. The number of nitrogens with zero attached hydrogens (tertiary/aromatic N) is 1.